The van der Waals surface area contributed by atoms with Gasteiger partial charge in [-0.05, 0) is 18.8 Å². The number of aliphatic hydroxyl groups is 1. The highest BCUT2D eigenvalue weighted by Gasteiger charge is 2.48. The van der Waals surface area contributed by atoms with Crippen LogP contribution < -0.4 is 0 Å². The zero-order valence-corrected chi connectivity index (χ0v) is 8.29. The Morgan fingerprint density at radius 2 is 2.00 bits per heavy atom. The van der Waals surface area contributed by atoms with E-state index in [4.69, 9.17) is 0 Å². The number of likely N-dealkylation sites (tertiary alicyclic amines) is 1. The molecule has 0 atom stereocenters. The maximum Gasteiger partial charge on any atom is 0.225 e. The highest BCUT2D eigenvalue weighted by molar-refractivity contribution is 5.82. The summed E-state index contributed by atoms with van der Waals surface area (Å²) in [6.45, 7) is 5.08. The average Bonchev–Trinajstić information content (AvgIpc) is 2.78. The molecule has 0 aromatic carbocycles. The number of amides is 1. The van der Waals surface area contributed by atoms with E-state index in [0.29, 0.717) is 13.1 Å². The molecule has 1 saturated carbocycles. The van der Waals surface area contributed by atoms with E-state index in [1.807, 2.05) is 13.8 Å². The molecule has 1 heterocycles. The summed E-state index contributed by atoms with van der Waals surface area (Å²) in [6, 6.07) is 0. The summed E-state index contributed by atoms with van der Waals surface area (Å²) >= 11 is 0. The summed E-state index contributed by atoms with van der Waals surface area (Å²) in [6.07, 6.45) is 2.10. The molecule has 0 unspecified atom stereocenters. The van der Waals surface area contributed by atoms with Gasteiger partial charge in [0.2, 0.25) is 5.91 Å². The molecule has 3 nitrogen and oxygen atoms in total. The first-order chi connectivity index (χ1) is 6.03. The molecule has 1 amide bonds. The number of nitrogens with zero attached hydrogens (tertiary/aromatic N) is 1. The van der Waals surface area contributed by atoms with Crippen LogP contribution >= 0.6 is 0 Å². The van der Waals surface area contributed by atoms with Gasteiger partial charge in [-0.2, -0.15) is 0 Å². The van der Waals surface area contributed by atoms with Gasteiger partial charge in [-0.15, -0.1) is 0 Å². The SMILES string of the molecule is CC(C)C1(O)CN(C(=O)C2CC2)C1. The maximum absolute atomic E-state index is 11.5. The Morgan fingerprint density at radius 1 is 1.46 bits per heavy atom. The smallest absolute Gasteiger partial charge is 0.225 e. The van der Waals surface area contributed by atoms with Crippen LogP contribution in [0.1, 0.15) is 26.7 Å². The second kappa shape index (κ2) is 2.71. The zero-order valence-electron chi connectivity index (χ0n) is 8.29. The van der Waals surface area contributed by atoms with E-state index in [1.165, 1.54) is 0 Å². The van der Waals surface area contributed by atoms with Gasteiger partial charge in [0, 0.05) is 5.92 Å². The minimum absolute atomic E-state index is 0.246. The summed E-state index contributed by atoms with van der Waals surface area (Å²) in [4.78, 5) is 13.3. The summed E-state index contributed by atoms with van der Waals surface area (Å²) in [5.41, 5.74) is -0.607. The van der Waals surface area contributed by atoms with Crippen LogP contribution in [0, 0.1) is 11.8 Å². The monoisotopic (exact) mass is 183 g/mol. The van der Waals surface area contributed by atoms with Crippen molar-refractivity contribution in [1.29, 1.82) is 0 Å². The third kappa shape index (κ3) is 1.46. The molecule has 1 aliphatic heterocycles. The van der Waals surface area contributed by atoms with E-state index < -0.39 is 5.60 Å². The van der Waals surface area contributed by atoms with E-state index in [0.717, 1.165) is 12.8 Å². The van der Waals surface area contributed by atoms with E-state index in [9.17, 15) is 9.90 Å². The zero-order chi connectivity index (χ0) is 9.64. The van der Waals surface area contributed by atoms with Gasteiger partial charge in [0.1, 0.15) is 5.60 Å². The van der Waals surface area contributed by atoms with Gasteiger partial charge >= 0.3 is 0 Å². The Kier molecular flexibility index (Phi) is 1.88. The Labute approximate surface area is 78.7 Å². The van der Waals surface area contributed by atoms with Crippen LogP contribution in [-0.2, 0) is 4.79 Å². The lowest BCUT2D eigenvalue weighted by Gasteiger charge is -2.49. The molecule has 0 bridgehead atoms. The lowest BCUT2D eigenvalue weighted by molar-refractivity contribution is -0.165. The molecule has 2 aliphatic rings. The number of carbonyl (C=O) groups excluding carboxylic acids is 1. The number of carbonyl (C=O) groups is 1. The normalized spacial score (nSPS) is 26.0. The van der Waals surface area contributed by atoms with Crippen molar-refractivity contribution in [3.8, 4) is 0 Å². The minimum Gasteiger partial charge on any atom is -0.386 e. The van der Waals surface area contributed by atoms with E-state index >= 15 is 0 Å². The van der Waals surface area contributed by atoms with Crippen LogP contribution in [0.5, 0.6) is 0 Å². The predicted octanol–water partition coefficient (Wildman–Crippen LogP) is 0.626. The number of rotatable bonds is 2. The number of hydrogen-bond acceptors (Lipinski definition) is 2. The fourth-order valence-corrected chi connectivity index (χ4v) is 1.72. The van der Waals surface area contributed by atoms with Crippen molar-refractivity contribution in [2.75, 3.05) is 13.1 Å². The minimum atomic E-state index is -0.607. The van der Waals surface area contributed by atoms with E-state index in [-0.39, 0.29) is 17.7 Å². The highest BCUT2D eigenvalue weighted by atomic mass is 16.3. The summed E-state index contributed by atoms with van der Waals surface area (Å²) in [5.74, 6) is 0.790. The van der Waals surface area contributed by atoms with Gasteiger partial charge in [-0.25, -0.2) is 0 Å². The van der Waals surface area contributed by atoms with Crippen LogP contribution in [-0.4, -0.2) is 34.6 Å². The van der Waals surface area contributed by atoms with Gasteiger partial charge in [-0.1, -0.05) is 13.8 Å². The Balaban J connectivity index is 1.86. The number of β-amino-alcohol motifs (C(OH)–C–C–N with tert-alkyl or cyclic N) is 1. The Bertz CT molecular complexity index is 227. The maximum atomic E-state index is 11.5. The first-order valence-electron chi connectivity index (χ1n) is 5.04. The summed E-state index contributed by atoms with van der Waals surface area (Å²) < 4.78 is 0. The Morgan fingerprint density at radius 3 is 2.38 bits per heavy atom. The van der Waals surface area contributed by atoms with Gasteiger partial charge in [-0.3, -0.25) is 4.79 Å². The van der Waals surface area contributed by atoms with E-state index in [1.54, 1.807) is 4.90 Å². The molecule has 1 N–H and O–H groups in total. The van der Waals surface area contributed by atoms with Gasteiger partial charge in [0.15, 0.2) is 0 Å². The lowest BCUT2D eigenvalue weighted by atomic mass is 9.83. The molecule has 74 valence electrons. The third-order valence-electron chi connectivity index (χ3n) is 3.24. The van der Waals surface area contributed by atoms with Crippen LogP contribution in [0.2, 0.25) is 0 Å². The second-order valence-electron chi connectivity index (χ2n) is 4.73. The fourth-order valence-electron chi connectivity index (χ4n) is 1.72. The molecular weight excluding hydrogens is 166 g/mol. The van der Waals surface area contributed by atoms with Gasteiger partial charge in [0.25, 0.3) is 0 Å². The van der Waals surface area contributed by atoms with Crippen LogP contribution in [0.3, 0.4) is 0 Å². The number of hydrogen-bond donors (Lipinski definition) is 1. The van der Waals surface area contributed by atoms with Crippen LogP contribution in [0.15, 0.2) is 0 Å². The Hall–Kier alpha value is -0.570. The molecule has 1 saturated heterocycles. The van der Waals surface area contributed by atoms with Crippen molar-refractivity contribution in [3.05, 3.63) is 0 Å². The lowest BCUT2D eigenvalue weighted by Crippen LogP contribution is -2.66. The van der Waals surface area contributed by atoms with Crippen LogP contribution in [0.25, 0.3) is 0 Å². The molecule has 2 fully saturated rings. The molecule has 0 spiro atoms. The molecule has 3 heteroatoms. The van der Waals surface area contributed by atoms with E-state index in [2.05, 4.69) is 0 Å². The molecular formula is C10H17NO2. The highest BCUT2D eigenvalue weighted by Crippen LogP contribution is 2.36. The molecule has 0 aromatic heterocycles. The van der Waals surface area contributed by atoms with Crippen molar-refractivity contribution in [1.82, 2.24) is 4.90 Å². The first-order valence-corrected chi connectivity index (χ1v) is 5.04. The van der Waals surface area contributed by atoms with Crippen molar-refractivity contribution in [3.63, 3.8) is 0 Å². The molecule has 0 aromatic rings. The molecule has 1 aliphatic carbocycles. The van der Waals surface area contributed by atoms with Crippen molar-refractivity contribution in [2.45, 2.75) is 32.3 Å². The predicted molar refractivity (Wildman–Crippen MR) is 49.1 cm³/mol. The third-order valence-corrected chi connectivity index (χ3v) is 3.24. The summed E-state index contributed by atoms with van der Waals surface area (Å²) in [5, 5.41) is 9.91. The molecule has 13 heavy (non-hydrogen) atoms. The molecule has 0 radical (unpaired) electrons. The van der Waals surface area contributed by atoms with Crippen molar-refractivity contribution < 1.29 is 9.90 Å². The van der Waals surface area contributed by atoms with Gasteiger partial charge < -0.3 is 10.0 Å². The second-order valence-corrected chi connectivity index (χ2v) is 4.73. The fraction of sp³-hybridized carbons (Fsp3) is 0.900. The van der Waals surface area contributed by atoms with Crippen LogP contribution in [0.4, 0.5) is 0 Å². The van der Waals surface area contributed by atoms with Crippen molar-refractivity contribution in [2.24, 2.45) is 11.8 Å². The quantitative estimate of drug-likeness (QED) is 0.682. The average molecular weight is 183 g/mol. The topological polar surface area (TPSA) is 40.5 Å². The standard InChI is InChI=1S/C10H17NO2/c1-7(2)10(13)5-11(6-10)9(12)8-3-4-8/h7-8,13H,3-6H2,1-2H3. The largest absolute Gasteiger partial charge is 0.386 e. The van der Waals surface area contributed by atoms with Gasteiger partial charge in [0.05, 0.1) is 13.1 Å². The first kappa shape index (κ1) is 9.00. The van der Waals surface area contributed by atoms with Crippen molar-refractivity contribution >= 4 is 5.91 Å². The molecule has 2 rings (SSSR count). The summed E-state index contributed by atoms with van der Waals surface area (Å²) in [7, 11) is 0.